The molecule has 1 N–H and O–H groups in total. The Morgan fingerprint density at radius 1 is 1.00 bits per heavy atom. The predicted molar refractivity (Wildman–Crippen MR) is 107 cm³/mol. The quantitative estimate of drug-likeness (QED) is 0.696. The highest BCUT2D eigenvalue weighted by atomic mass is 16.1. The number of carbonyl (C=O) groups excluding carboxylic acids is 1. The maximum absolute atomic E-state index is 12.3. The third-order valence-corrected chi connectivity index (χ3v) is 4.33. The molecule has 0 aliphatic carbocycles. The lowest BCUT2D eigenvalue weighted by molar-refractivity contribution is 0.0946. The summed E-state index contributed by atoms with van der Waals surface area (Å²) >= 11 is 0. The van der Waals surface area contributed by atoms with E-state index >= 15 is 0 Å². The highest BCUT2D eigenvalue weighted by molar-refractivity contribution is 5.92. The van der Waals surface area contributed by atoms with Gasteiger partial charge in [-0.1, -0.05) is 30.3 Å². The van der Waals surface area contributed by atoms with E-state index < -0.39 is 0 Å². The van der Waals surface area contributed by atoms with Crippen molar-refractivity contribution in [3.8, 4) is 0 Å². The Morgan fingerprint density at radius 2 is 1.74 bits per heavy atom. The van der Waals surface area contributed by atoms with Crippen LogP contribution < -0.4 is 10.2 Å². The van der Waals surface area contributed by atoms with Gasteiger partial charge in [-0.2, -0.15) is 0 Å². The predicted octanol–water partition coefficient (Wildman–Crippen LogP) is 3.82. The monoisotopic (exact) mass is 360 g/mol. The fourth-order valence-electron chi connectivity index (χ4n) is 2.82. The van der Waals surface area contributed by atoms with Crippen LogP contribution in [-0.4, -0.2) is 21.9 Å². The number of aromatic nitrogens is 2. The Morgan fingerprint density at radius 3 is 2.37 bits per heavy atom. The van der Waals surface area contributed by atoms with Gasteiger partial charge in [0.2, 0.25) is 0 Å². The fraction of sp³-hybridized carbons (Fsp3) is 0.227. The second kappa shape index (κ2) is 8.94. The molecule has 0 unspecified atom stereocenters. The second-order valence-electron chi connectivity index (χ2n) is 6.65. The summed E-state index contributed by atoms with van der Waals surface area (Å²) in [6, 6.07) is 18.1. The normalized spacial score (nSPS) is 10.6. The van der Waals surface area contributed by atoms with Crippen molar-refractivity contribution in [1.29, 1.82) is 0 Å². The van der Waals surface area contributed by atoms with Gasteiger partial charge in [0, 0.05) is 31.5 Å². The molecule has 0 spiro atoms. The molecule has 0 atom stereocenters. The van der Waals surface area contributed by atoms with Crippen molar-refractivity contribution in [1.82, 2.24) is 15.3 Å². The molecule has 2 heterocycles. The van der Waals surface area contributed by atoms with Gasteiger partial charge in [0.05, 0.1) is 11.9 Å². The molecule has 0 fully saturated rings. The molecule has 1 aromatic carbocycles. The number of rotatable bonds is 7. The third kappa shape index (κ3) is 5.14. The van der Waals surface area contributed by atoms with Crippen LogP contribution in [0, 0.1) is 0 Å². The molecule has 0 aliphatic heterocycles. The maximum atomic E-state index is 12.3. The summed E-state index contributed by atoms with van der Waals surface area (Å²) in [5.74, 6) is -0.183. The summed E-state index contributed by atoms with van der Waals surface area (Å²) in [6.07, 6.45) is 5.19. The van der Waals surface area contributed by atoms with E-state index in [2.05, 4.69) is 46.2 Å². The number of amides is 1. The van der Waals surface area contributed by atoms with Gasteiger partial charge in [-0.15, -0.1) is 0 Å². The number of benzene rings is 1. The number of anilines is 1. The number of nitrogens with zero attached hydrogens (tertiary/aromatic N) is 3. The van der Waals surface area contributed by atoms with E-state index in [-0.39, 0.29) is 5.91 Å². The molecule has 3 rings (SSSR count). The standard InChI is InChI=1S/C22H24N4O/c1-17(2)26(16-19-6-4-3-5-7-19)20-8-9-21(24-15-20)22(27)25-14-18-10-12-23-13-11-18/h3-13,15,17H,14,16H2,1-2H3,(H,25,27). The molecule has 138 valence electrons. The molecular formula is C22H24N4O. The summed E-state index contributed by atoms with van der Waals surface area (Å²) < 4.78 is 0. The van der Waals surface area contributed by atoms with Crippen LogP contribution in [0.5, 0.6) is 0 Å². The van der Waals surface area contributed by atoms with Crippen molar-refractivity contribution < 1.29 is 4.79 Å². The molecule has 2 aromatic heterocycles. The van der Waals surface area contributed by atoms with Gasteiger partial charge >= 0.3 is 0 Å². The highest BCUT2D eigenvalue weighted by Crippen LogP contribution is 2.19. The van der Waals surface area contributed by atoms with Crippen LogP contribution in [0.2, 0.25) is 0 Å². The van der Waals surface area contributed by atoms with E-state index in [1.165, 1.54) is 5.56 Å². The Balaban J connectivity index is 1.66. The number of nitrogens with one attached hydrogen (secondary N) is 1. The summed E-state index contributed by atoms with van der Waals surface area (Å²) in [4.78, 5) is 22.9. The summed E-state index contributed by atoms with van der Waals surface area (Å²) in [7, 11) is 0. The maximum Gasteiger partial charge on any atom is 0.270 e. The smallest absolute Gasteiger partial charge is 0.270 e. The van der Waals surface area contributed by atoms with Crippen molar-refractivity contribution in [2.24, 2.45) is 0 Å². The van der Waals surface area contributed by atoms with Crippen LogP contribution in [0.25, 0.3) is 0 Å². The first kappa shape index (κ1) is 18.6. The Hall–Kier alpha value is -3.21. The first-order valence-corrected chi connectivity index (χ1v) is 9.07. The Kier molecular flexibility index (Phi) is 6.15. The summed E-state index contributed by atoms with van der Waals surface area (Å²) in [5.41, 5.74) is 3.66. The molecule has 1 amide bonds. The lowest BCUT2D eigenvalue weighted by Crippen LogP contribution is -2.30. The number of carbonyl (C=O) groups is 1. The largest absolute Gasteiger partial charge is 0.364 e. The molecule has 27 heavy (non-hydrogen) atoms. The Bertz CT molecular complexity index is 849. The first-order chi connectivity index (χ1) is 13.1. The van der Waals surface area contributed by atoms with Crippen LogP contribution in [0.4, 0.5) is 5.69 Å². The van der Waals surface area contributed by atoms with E-state index in [4.69, 9.17) is 0 Å². The minimum absolute atomic E-state index is 0.183. The molecule has 0 saturated carbocycles. The van der Waals surface area contributed by atoms with Crippen molar-refractivity contribution in [2.75, 3.05) is 4.90 Å². The third-order valence-electron chi connectivity index (χ3n) is 4.33. The molecule has 0 bridgehead atoms. The van der Waals surface area contributed by atoms with E-state index in [0.717, 1.165) is 17.8 Å². The minimum Gasteiger partial charge on any atom is -0.364 e. The van der Waals surface area contributed by atoms with E-state index in [1.54, 1.807) is 24.7 Å². The van der Waals surface area contributed by atoms with Gasteiger partial charge in [0.15, 0.2) is 0 Å². The lowest BCUT2D eigenvalue weighted by Gasteiger charge is -2.29. The van der Waals surface area contributed by atoms with Gasteiger partial charge in [-0.05, 0) is 49.2 Å². The molecule has 0 aliphatic rings. The van der Waals surface area contributed by atoms with Crippen LogP contribution in [0.1, 0.15) is 35.5 Å². The van der Waals surface area contributed by atoms with Crippen molar-refractivity contribution in [2.45, 2.75) is 33.0 Å². The minimum atomic E-state index is -0.183. The van der Waals surface area contributed by atoms with Crippen LogP contribution >= 0.6 is 0 Å². The number of hydrogen-bond donors (Lipinski definition) is 1. The summed E-state index contributed by atoms with van der Waals surface area (Å²) in [5, 5.41) is 2.88. The van der Waals surface area contributed by atoms with Crippen LogP contribution in [-0.2, 0) is 13.1 Å². The van der Waals surface area contributed by atoms with Crippen molar-refractivity contribution in [3.63, 3.8) is 0 Å². The zero-order valence-corrected chi connectivity index (χ0v) is 15.7. The van der Waals surface area contributed by atoms with Gasteiger partial charge in [-0.25, -0.2) is 4.98 Å². The molecular weight excluding hydrogens is 336 g/mol. The first-order valence-electron chi connectivity index (χ1n) is 9.07. The fourth-order valence-corrected chi connectivity index (χ4v) is 2.82. The van der Waals surface area contributed by atoms with Gasteiger partial charge in [0.1, 0.15) is 5.69 Å². The SMILES string of the molecule is CC(C)N(Cc1ccccc1)c1ccc(C(=O)NCc2ccncc2)nc1. The zero-order valence-electron chi connectivity index (χ0n) is 15.7. The zero-order chi connectivity index (χ0) is 19.1. The molecule has 0 saturated heterocycles. The summed E-state index contributed by atoms with van der Waals surface area (Å²) in [6.45, 7) is 5.56. The van der Waals surface area contributed by atoms with E-state index in [9.17, 15) is 4.79 Å². The average molecular weight is 360 g/mol. The second-order valence-corrected chi connectivity index (χ2v) is 6.65. The van der Waals surface area contributed by atoms with Crippen LogP contribution in [0.15, 0.2) is 73.2 Å². The van der Waals surface area contributed by atoms with Gasteiger partial charge in [0.25, 0.3) is 5.91 Å². The van der Waals surface area contributed by atoms with Gasteiger partial charge in [-0.3, -0.25) is 9.78 Å². The molecule has 5 heteroatoms. The van der Waals surface area contributed by atoms with Gasteiger partial charge < -0.3 is 10.2 Å². The van der Waals surface area contributed by atoms with E-state index in [1.807, 2.05) is 36.4 Å². The lowest BCUT2D eigenvalue weighted by atomic mass is 10.1. The van der Waals surface area contributed by atoms with E-state index in [0.29, 0.717) is 18.3 Å². The average Bonchev–Trinajstić information content (AvgIpc) is 2.72. The van der Waals surface area contributed by atoms with Crippen molar-refractivity contribution in [3.05, 3.63) is 90.0 Å². The number of hydrogen-bond acceptors (Lipinski definition) is 4. The Labute approximate surface area is 160 Å². The van der Waals surface area contributed by atoms with Crippen molar-refractivity contribution >= 4 is 11.6 Å². The van der Waals surface area contributed by atoms with Crippen LogP contribution in [0.3, 0.4) is 0 Å². The highest BCUT2D eigenvalue weighted by Gasteiger charge is 2.13. The molecule has 0 radical (unpaired) electrons. The molecule has 5 nitrogen and oxygen atoms in total. The molecule has 3 aromatic rings. The topological polar surface area (TPSA) is 58.1 Å². The number of pyridine rings is 2.